The van der Waals surface area contributed by atoms with E-state index in [9.17, 15) is 0 Å². The first kappa shape index (κ1) is 6.36. The fourth-order valence-corrected chi connectivity index (χ4v) is 0.726. The maximum absolute atomic E-state index is 5.08. The van der Waals surface area contributed by atoms with Gasteiger partial charge in [-0.15, -0.1) is 0 Å². The molecule has 2 heteroatoms. The molecule has 9 heavy (non-hydrogen) atoms. The molecule has 1 unspecified atom stereocenters. The van der Waals surface area contributed by atoms with Crippen LogP contribution < -0.4 is 5.32 Å². The minimum atomic E-state index is 0.222. The van der Waals surface area contributed by atoms with Crippen molar-refractivity contribution in [3.05, 3.63) is 24.4 Å². The number of hydrogen-bond donors (Lipinski definition) is 1. The Bertz CT molecular complexity index is 129. The molecule has 50 valence electrons. The molecule has 1 aliphatic rings. The Balaban J connectivity index is 2.41. The Hall–Kier alpha value is -0.760. The lowest BCUT2D eigenvalue weighted by Gasteiger charge is -2.07. The summed E-state index contributed by atoms with van der Waals surface area (Å²) in [5.74, 6) is 0. The van der Waals surface area contributed by atoms with E-state index in [4.69, 9.17) is 4.74 Å². The highest BCUT2D eigenvalue weighted by Gasteiger charge is 1.99. The topological polar surface area (TPSA) is 21.3 Å². The Kier molecular flexibility index (Phi) is 2.33. The average molecular weight is 125 g/mol. The van der Waals surface area contributed by atoms with E-state index in [1.54, 1.807) is 7.11 Å². The van der Waals surface area contributed by atoms with E-state index >= 15 is 0 Å². The predicted molar refractivity (Wildman–Crippen MR) is 37.1 cm³/mol. The van der Waals surface area contributed by atoms with Gasteiger partial charge in [-0.2, -0.15) is 0 Å². The van der Waals surface area contributed by atoms with E-state index < -0.39 is 0 Å². The van der Waals surface area contributed by atoms with Crippen LogP contribution in [-0.4, -0.2) is 19.8 Å². The van der Waals surface area contributed by atoms with Gasteiger partial charge in [0.15, 0.2) is 0 Å². The van der Waals surface area contributed by atoms with E-state index in [0.29, 0.717) is 0 Å². The van der Waals surface area contributed by atoms with Crippen molar-refractivity contribution in [3.63, 3.8) is 0 Å². The molecule has 1 heterocycles. The number of ether oxygens (including phenoxy) is 1. The van der Waals surface area contributed by atoms with Crippen molar-refractivity contribution in [1.29, 1.82) is 0 Å². The fraction of sp³-hybridized carbons (Fsp3) is 0.429. The lowest BCUT2D eigenvalue weighted by molar-refractivity contribution is 0.143. The largest absolute Gasteiger partial charge is 0.388 e. The maximum atomic E-state index is 5.08. The van der Waals surface area contributed by atoms with Gasteiger partial charge in [-0.1, -0.05) is 12.2 Å². The highest BCUT2D eigenvalue weighted by Crippen LogP contribution is 1.93. The van der Waals surface area contributed by atoms with Gasteiger partial charge >= 0.3 is 0 Å². The number of nitrogens with one attached hydrogen (secondary N) is 1. The van der Waals surface area contributed by atoms with Crippen molar-refractivity contribution in [1.82, 2.24) is 5.32 Å². The number of allylic oxidation sites excluding steroid dienone is 2. The molecule has 2 nitrogen and oxygen atoms in total. The quantitative estimate of drug-likeness (QED) is 0.556. The van der Waals surface area contributed by atoms with Crippen molar-refractivity contribution >= 4 is 0 Å². The lowest BCUT2D eigenvalue weighted by Crippen LogP contribution is -2.21. The summed E-state index contributed by atoms with van der Waals surface area (Å²) < 4.78 is 5.08. The van der Waals surface area contributed by atoms with Crippen LogP contribution in [0.5, 0.6) is 0 Å². The summed E-state index contributed by atoms with van der Waals surface area (Å²) in [6, 6.07) is 0. The zero-order valence-corrected chi connectivity index (χ0v) is 5.50. The second-order valence-corrected chi connectivity index (χ2v) is 1.93. The van der Waals surface area contributed by atoms with Crippen LogP contribution >= 0.6 is 0 Å². The van der Waals surface area contributed by atoms with E-state index in [1.165, 1.54) is 0 Å². The molecule has 0 saturated heterocycles. The summed E-state index contributed by atoms with van der Waals surface area (Å²) in [7, 11) is 1.71. The molecule has 0 amide bonds. The standard InChI is InChI=1S/C7H11NO/c1-9-7-4-2-3-5-8-6-7/h2-5,7-8H,6H2,1H3. The molecule has 0 aromatic heterocycles. The molecular weight excluding hydrogens is 114 g/mol. The second-order valence-electron chi connectivity index (χ2n) is 1.93. The Morgan fingerprint density at radius 2 is 2.44 bits per heavy atom. The molecule has 0 saturated carbocycles. The number of methoxy groups -OCH3 is 1. The van der Waals surface area contributed by atoms with Crippen LogP contribution in [0.2, 0.25) is 0 Å². The molecule has 1 rings (SSSR count). The summed E-state index contributed by atoms with van der Waals surface area (Å²) >= 11 is 0. The third-order valence-electron chi connectivity index (χ3n) is 1.27. The number of hydrogen-bond acceptors (Lipinski definition) is 2. The van der Waals surface area contributed by atoms with E-state index in [2.05, 4.69) is 5.32 Å². The van der Waals surface area contributed by atoms with Crippen molar-refractivity contribution in [2.75, 3.05) is 13.7 Å². The highest BCUT2D eigenvalue weighted by molar-refractivity contribution is 5.07. The van der Waals surface area contributed by atoms with Crippen LogP contribution in [0.1, 0.15) is 0 Å². The molecule has 0 aliphatic carbocycles. The first-order chi connectivity index (χ1) is 4.43. The van der Waals surface area contributed by atoms with Crippen molar-refractivity contribution in [3.8, 4) is 0 Å². The summed E-state index contributed by atoms with van der Waals surface area (Å²) in [5, 5.41) is 3.08. The van der Waals surface area contributed by atoms with Crippen molar-refractivity contribution in [2.45, 2.75) is 6.10 Å². The molecule has 0 spiro atoms. The van der Waals surface area contributed by atoms with Crippen LogP contribution in [0.15, 0.2) is 24.4 Å². The third kappa shape index (κ3) is 1.90. The fourth-order valence-electron chi connectivity index (χ4n) is 0.726. The first-order valence-electron chi connectivity index (χ1n) is 3.03. The Morgan fingerprint density at radius 1 is 1.56 bits per heavy atom. The van der Waals surface area contributed by atoms with Crippen LogP contribution in [0.25, 0.3) is 0 Å². The molecule has 1 aliphatic heterocycles. The van der Waals surface area contributed by atoms with E-state index in [-0.39, 0.29) is 6.10 Å². The summed E-state index contributed by atoms with van der Waals surface area (Å²) in [5.41, 5.74) is 0. The van der Waals surface area contributed by atoms with Gasteiger partial charge in [0.1, 0.15) is 0 Å². The van der Waals surface area contributed by atoms with Gasteiger partial charge in [0, 0.05) is 13.7 Å². The molecule has 0 aromatic carbocycles. The minimum Gasteiger partial charge on any atom is -0.388 e. The molecule has 0 aromatic rings. The van der Waals surface area contributed by atoms with Gasteiger partial charge in [0.2, 0.25) is 0 Å². The van der Waals surface area contributed by atoms with Gasteiger partial charge < -0.3 is 10.1 Å². The Morgan fingerprint density at radius 3 is 3.22 bits per heavy atom. The van der Waals surface area contributed by atoms with Crippen molar-refractivity contribution < 1.29 is 4.74 Å². The second kappa shape index (κ2) is 3.30. The van der Waals surface area contributed by atoms with Gasteiger partial charge in [0.25, 0.3) is 0 Å². The first-order valence-corrected chi connectivity index (χ1v) is 3.03. The van der Waals surface area contributed by atoms with Gasteiger partial charge in [-0.3, -0.25) is 0 Å². The zero-order valence-electron chi connectivity index (χ0n) is 5.50. The molecule has 1 atom stereocenters. The van der Waals surface area contributed by atoms with Gasteiger partial charge in [-0.25, -0.2) is 0 Å². The smallest absolute Gasteiger partial charge is 0.0927 e. The van der Waals surface area contributed by atoms with E-state index in [1.807, 2.05) is 24.4 Å². The minimum absolute atomic E-state index is 0.222. The summed E-state index contributed by atoms with van der Waals surface area (Å²) in [6.45, 7) is 0.865. The van der Waals surface area contributed by atoms with Gasteiger partial charge in [-0.05, 0) is 12.3 Å². The van der Waals surface area contributed by atoms with Crippen LogP contribution in [0.4, 0.5) is 0 Å². The summed E-state index contributed by atoms with van der Waals surface area (Å²) in [6.07, 6.45) is 8.10. The monoisotopic (exact) mass is 125 g/mol. The molecular formula is C7H11NO. The summed E-state index contributed by atoms with van der Waals surface area (Å²) in [4.78, 5) is 0. The Labute approximate surface area is 55.2 Å². The molecule has 1 N–H and O–H groups in total. The van der Waals surface area contributed by atoms with Gasteiger partial charge in [0.05, 0.1) is 6.10 Å². The molecule has 0 bridgehead atoms. The molecule has 0 radical (unpaired) electrons. The average Bonchev–Trinajstić information content (AvgIpc) is 2.13. The zero-order chi connectivity index (χ0) is 6.53. The van der Waals surface area contributed by atoms with Crippen LogP contribution in [-0.2, 0) is 4.74 Å². The number of rotatable bonds is 1. The van der Waals surface area contributed by atoms with Crippen molar-refractivity contribution in [2.24, 2.45) is 0 Å². The van der Waals surface area contributed by atoms with E-state index in [0.717, 1.165) is 6.54 Å². The normalized spacial score (nSPS) is 25.2. The van der Waals surface area contributed by atoms with Crippen LogP contribution in [0, 0.1) is 0 Å². The predicted octanol–water partition coefficient (Wildman–Crippen LogP) is 0.674. The van der Waals surface area contributed by atoms with Crippen LogP contribution in [0.3, 0.4) is 0 Å². The molecule has 0 fully saturated rings. The lowest BCUT2D eigenvalue weighted by atomic mass is 10.3. The SMILES string of the molecule is COC1C=CC=CNC1. The highest BCUT2D eigenvalue weighted by atomic mass is 16.5. The maximum Gasteiger partial charge on any atom is 0.0927 e. The third-order valence-corrected chi connectivity index (χ3v) is 1.27.